The van der Waals surface area contributed by atoms with Crippen LogP contribution in [0, 0.1) is 0 Å². The van der Waals surface area contributed by atoms with E-state index in [1.54, 1.807) is 17.5 Å². The third kappa shape index (κ3) is 3.02. The summed E-state index contributed by atoms with van der Waals surface area (Å²) < 4.78 is 1.40. The molecule has 0 radical (unpaired) electrons. The van der Waals surface area contributed by atoms with Crippen molar-refractivity contribution in [3.63, 3.8) is 0 Å². The number of carbonyl (C=O) groups is 1. The fourth-order valence-corrected chi connectivity index (χ4v) is 4.04. The van der Waals surface area contributed by atoms with Crippen LogP contribution < -0.4 is 5.56 Å². The number of carbonyl (C=O) groups excluding carboxylic acids is 1. The molecule has 3 heterocycles. The number of likely N-dealkylation sites (tertiary alicyclic amines) is 1. The predicted octanol–water partition coefficient (Wildman–Crippen LogP) is 2.99. The average molecular weight is 354 g/mol. The molecule has 6 nitrogen and oxygen atoms in total. The van der Waals surface area contributed by atoms with Crippen molar-refractivity contribution in [2.24, 2.45) is 0 Å². The van der Waals surface area contributed by atoms with Gasteiger partial charge in [-0.15, -0.1) is 11.3 Å². The van der Waals surface area contributed by atoms with Gasteiger partial charge in [0.15, 0.2) is 0 Å². The molecule has 1 aromatic carbocycles. The highest BCUT2D eigenvalue weighted by atomic mass is 32.1. The summed E-state index contributed by atoms with van der Waals surface area (Å²) in [4.78, 5) is 31.5. The number of H-pyrrole nitrogens is 1. The lowest BCUT2D eigenvalue weighted by molar-refractivity contribution is 0.0604. The maximum Gasteiger partial charge on any atom is 0.272 e. The van der Waals surface area contributed by atoms with E-state index in [2.05, 4.69) is 10.1 Å². The van der Waals surface area contributed by atoms with Crippen molar-refractivity contribution >= 4 is 17.2 Å². The number of hydrogen-bond acceptors (Lipinski definition) is 4. The number of rotatable bonds is 3. The molecule has 0 aliphatic carbocycles. The van der Waals surface area contributed by atoms with E-state index in [1.165, 1.54) is 10.7 Å². The van der Waals surface area contributed by atoms with Crippen LogP contribution in [0.5, 0.6) is 0 Å². The molecule has 128 valence electrons. The van der Waals surface area contributed by atoms with E-state index in [9.17, 15) is 9.59 Å². The second kappa shape index (κ2) is 6.68. The molecule has 7 heteroatoms. The first kappa shape index (κ1) is 15.8. The van der Waals surface area contributed by atoms with Gasteiger partial charge in [0, 0.05) is 24.2 Å². The number of nitrogens with zero attached hydrogens (tertiary/aromatic N) is 3. The number of aromatic nitrogens is 3. The van der Waals surface area contributed by atoms with Crippen LogP contribution in [0.25, 0.3) is 5.69 Å². The first-order chi connectivity index (χ1) is 12.2. The van der Waals surface area contributed by atoms with E-state index in [-0.39, 0.29) is 17.5 Å². The Kier molecular flexibility index (Phi) is 4.23. The molecule has 1 fully saturated rings. The first-order valence-electron chi connectivity index (χ1n) is 8.32. The average Bonchev–Trinajstić information content (AvgIpc) is 3.32. The van der Waals surface area contributed by atoms with Crippen LogP contribution in [0.3, 0.4) is 0 Å². The van der Waals surface area contributed by atoms with E-state index in [0.29, 0.717) is 17.9 Å². The second-order valence-corrected chi connectivity index (χ2v) is 6.99. The van der Waals surface area contributed by atoms with Gasteiger partial charge in [-0.3, -0.25) is 14.7 Å². The van der Waals surface area contributed by atoms with Gasteiger partial charge in [0.1, 0.15) is 10.7 Å². The lowest BCUT2D eigenvalue weighted by atomic mass is 10.0. The molecule has 25 heavy (non-hydrogen) atoms. The fraction of sp³-hybridized carbons (Fsp3) is 0.278. The second-order valence-electron chi connectivity index (χ2n) is 6.06. The van der Waals surface area contributed by atoms with Gasteiger partial charge in [-0.05, 0) is 31.4 Å². The maximum atomic E-state index is 13.0. The number of hydrogen-bond donors (Lipinski definition) is 1. The Bertz CT molecular complexity index is 914. The van der Waals surface area contributed by atoms with Crippen molar-refractivity contribution in [1.29, 1.82) is 0 Å². The summed E-state index contributed by atoms with van der Waals surface area (Å²) in [5.41, 5.74) is 0.788. The Labute approximate surface area is 148 Å². The van der Waals surface area contributed by atoms with E-state index >= 15 is 0 Å². The fourth-order valence-electron chi connectivity index (χ4n) is 3.26. The summed E-state index contributed by atoms with van der Waals surface area (Å²) in [7, 11) is 0. The minimum atomic E-state index is -0.239. The third-order valence-electron chi connectivity index (χ3n) is 4.47. The number of piperidine rings is 1. The zero-order valence-corrected chi connectivity index (χ0v) is 14.4. The van der Waals surface area contributed by atoms with E-state index in [1.807, 2.05) is 40.6 Å². The summed E-state index contributed by atoms with van der Waals surface area (Å²) >= 11 is 1.57. The van der Waals surface area contributed by atoms with Crippen molar-refractivity contribution in [2.45, 2.75) is 25.3 Å². The monoisotopic (exact) mass is 354 g/mol. The minimum Gasteiger partial charge on any atom is -0.328 e. The molecule has 1 atom stereocenters. The molecule has 0 bridgehead atoms. The Morgan fingerprint density at radius 3 is 2.84 bits per heavy atom. The Balaban J connectivity index is 1.65. The smallest absolute Gasteiger partial charge is 0.272 e. The van der Waals surface area contributed by atoms with Gasteiger partial charge >= 0.3 is 0 Å². The standard InChI is InChI=1S/C18H18N4O2S/c23-16-12-14(20-22(16)13-6-2-1-3-7-13)18(24)21-10-5-4-8-15(21)17-19-9-11-25-17/h1-3,6-7,9,11-12,15,20H,4-5,8,10H2/t15-/m1/s1. The molecule has 1 saturated heterocycles. The normalized spacial score (nSPS) is 17.6. The van der Waals surface area contributed by atoms with Gasteiger partial charge in [-0.25, -0.2) is 9.67 Å². The number of nitrogens with one attached hydrogen (secondary N) is 1. The third-order valence-corrected chi connectivity index (χ3v) is 5.34. The molecule has 0 spiro atoms. The van der Waals surface area contributed by atoms with Crippen molar-refractivity contribution in [3.8, 4) is 5.69 Å². The molecule has 0 unspecified atom stereocenters. The summed E-state index contributed by atoms with van der Waals surface area (Å²) in [6, 6.07) is 10.6. The van der Waals surface area contributed by atoms with Crippen LogP contribution in [0.1, 0.15) is 40.8 Å². The molecular weight excluding hydrogens is 336 g/mol. The minimum absolute atomic E-state index is 0.00942. The van der Waals surface area contributed by atoms with Crippen LogP contribution in [0.2, 0.25) is 0 Å². The van der Waals surface area contributed by atoms with Gasteiger partial charge in [0.25, 0.3) is 11.5 Å². The summed E-state index contributed by atoms with van der Waals surface area (Å²) in [5.74, 6) is -0.147. The van der Waals surface area contributed by atoms with Crippen molar-refractivity contribution < 1.29 is 4.79 Å². The summed E-state index contributed by atoms with van der Waals surface area (Å²) in [5, 5.41) is 5.84. The Morgan fingerprint density at radius 1 is 1.24 bits per heavy atom. The largest absolute Gasteiger partial charge is 0.328 e. The van der Waals surface area contributed by atoms with Gasteiger partial charge in [-0.1, -0.05) is 18.2 Å². The lowest BCUT2D eigenvalue weighted by Crippen LogP contribution is -2.38. The molecule has 1 aliphatic rings. The highest BCUT2D eigenvalue weighted by Gasteiger charge is 2.31. The highest BCUT2D eigenvalue weighted by molar-refractivity contribution is 7.09. The zero-order chi connectivity index (χ0) is 17.2. The quantitative estimate of drug-likeness (QED) is 0.786. The van der Waals surface area contributed by atoms with Crippen LogP contribution in [0.4, 0.5) is 0 Å². The number of amides is 1. The Hall–Kier alpha value is -2.67. The van der Waals surface area contributed by atoms with Gasteiger partial charge in [0.2, 0.25) is 0 Å². The maximum absolute atomic E-state index is 13.0. The lowest BCUT2D eigenvalue weighted by Gasteiger charge is -2.34. The van der Waals surface area contributed by atoms with E-state index in [4.69, 9.17) is 0 Å². The predicted molar refractivity (Wildman–Crippen MR) is 96.1 cm³/mol. The summed E-state index contributed by atoms with van der Waals surface area (Å²) in [6.45, 7) is 0.682. The number of aromatic amines is 1. The zero-order valence-electron chi connectivity index (χ0n) is 13.6. The van der Waals surface area contributed by atoms with E-state index < -0.39 is 0 Å². The molecule has 3 aromatic rings. The van der Waals surface area contributed by atoms with Crippen LogP contribution in [-0.2, 0) is 0 Å². The number of thiazole rings is 1. The van der Waals surface area contributed by atoms with Crippen molar-refractivity contribution in [2.75, 3.05) is 6.54 Å². The van der Waals surface area contributed by atoms with Crippen molar-refractivity contribution in [3.05, 3.63) is 69.0 Å². The molecule has 4 rings (SSSR count). The van der Waals surface area contributed by atoms with Gasteiger partial charge < -0.3 is 4.90 Å². The SMILES string of the molecule is O=C(c1cc(=O)n(-c2ccccc2)[nH]1)N1CCCC[C@@H]1c1nccs1. The molecular formula is C18H18N4O2S. The van der Waals surface area contributed by atoms with E-state index in [0.717, 1.165) is 24.3 Å². The molecule has 2 aromatic heterocycles. The Morgan fingerprint density at radius 2 is 2.08 bits per heavy atom. The molecule has 1 N–H and O–H groups in total. The molecule has 1 aliphatic heterocycles. The van der Waals surface area contributed by atoms with Crippen LogP contribution in [0.15, 0.2) is 52.8 Å². The number of benzene rings is 1. The van der Waals surface area contributed by atoms with Crippen LogP contribution >= 0.6 is 11.3 Å². The first-order valence-corrected chi connectivity index (χ1v) is 9.20. The molecule has 0 saturated carbocycles. The van der Waals surface area contributed by atoms with Gasteiger partial charge in [-0.2, -0.15) is 0 Å². The van der Waals surface area contributed by atoms with Crippen LogP contribution in [-0.4, -0.2) is 32.1 Å². The summed E-state index contributed by atoms with van der Waals surface area (Å²) in [6.07, 6.45) is 4.72. The molecule has 1 amide bonds. The van der Waals surface area contributed by atoms with Gasteiger partial charge in [0.05, 0.1) is 11.7 Å². The number of para-hydroxylation sites is 1. The topological polar surface area (TPSA) is 71.0 Å². The van der Waals surface area contributed by atoms with Crippen molar-refractivity contribution in [1.82, 2.24) is 19.7 Å². The highest BCUT2D eigenvalue weighted by Crippen LogP contribution is 2.32.